The zero-order chi connectivity index (χ0) is 12.3. The van der Waals surface area contributed by atoms with Gasteiger partial charge in [0.15, 0.2) is 0 Å². The maximum atomic E-state index is 11.7. The van der Waals surface area contributed by atoms with E-state index in [4.69, 9.17) is 14.6 Å². The average Bonchev–Trinajstić information content (AvgIpc) is 2.47. The van der Waals surface area contributed by atoms with Gasteiger partial charge in [-0.3, -0.25) is 9.69 Å². The number of amides is 1. The Kier molecular flexibility index (Phi) is 3.74. The second-order valence-electron chi connectivity index (χ2n) is 4.70. The topological polar surface area (TPSA) is 76.1 Å². The lowest BCUT2D eigenvalue weighted by molar-refractivity contribution is -0.138. The molecule has 1 fully saturated rings. The Morgan fingerprint density at radius 1 is 1.50 bits per heavy atom. The van der Waals surface area contributed by atoms with Crippen molar-refractivity contribution in [1.82, 2.24) is 4.90 Å². The van der Waals surface area contributed by atoms with Crippen molar-refractivity contribution in [3.63, 3.8) is 0 Å². The van der Waals surface area contributed by atoms with Crippen LogP contribution in [0.3, 0.4) is 0 Å². The third-order valence-electron chi connectivity index (χ3n) is 2.02. The Labute approximate surface area is 94.1 Å². The summed E-state index contributed by atoms with van der Waals surface area (Å²) in [4.78, 5) is 23.6. The van der Waals surface area contributed by atoms with Crippen LogP contribution in [-0.2, 0) is 14.3 Å². The lowest BCUT2D eigenvalue weighted by Crippen LogP contribution is -2.41. The largest absolute Gasteiger partial charge is 0.481 e. The molecular formula is C10H17NO5. The van der Waals surface area contributed by atoms with E-state index >= 15 is 0 Å². The standard InChI is InChI=1S/C10H17NO5/c1-10(2,3)16-9(14)11-6-15-5-7(11)4-8(12)13/h7H,4-6H2,1-3H3,(H,12,13). The highest BCUT2D eigenvalue weighted by Gasteiger charge is 2.34. The van der Waals surface area contributed by atoms with Crippen LogP contribution < -0.4 is 0 Å². The van der Waals surface area contributed by atoms with Crippen LogP contribution in [0, 0.1) is 0 Å². The second kappa shape index (κ2) is 4.69. The highest BCUT2D eigenvalue weighted by Crippen LogP contribution is 2.17. The average molecular weight is 231 g/mol. The molecule has 1 heterocycles. The van der Waals surface area contributed by atoms with Gasteiger partial charge in [0.05, 0.1) is 19.1 Å². The maximum absolute atomic E-state index is 11.7. The predicted molar refractivity (Wildman–Crippen MR) is 54.9 cm³/mol. The van der Waals surface area contributed by atoms with Gasteiger partial charge in [-0.05, 0) is 20.8 Å². The van der Waals surface area contributed by atoms with Crippen LogP contribution in [0.2, 0.25) is 0 Å². The Morgan fingerprint density at radius 2 is 2.12 bits per heavy atom. The van der Waals surface area contributed by atoms with Gasteiger partial charge < -0.3 is 14.6 Å². The number of carboxylic acid groups (broad SMARTS) is 1. The van der Waals surface area contributed by atoms with Gasteiger partial charge in [0.2, 0.25) is 0 Å². The Hall–Kier alpha value is -1.30. The van der Waals surface area contributed by atoms with Gasteiger partial charge in [-0.15, -0.1) is 0 Å². The normalized spacial score (nSPS) is 20.9. The molecule has 0 spiro atoms. The Bertz CT molecular complexity index is 283. The summed E-state index contributed by atoms with van der Waals surface area (Å²) in [6, 6.07) is -0.438. The zero-order valence-electron chi connectivity index (χ0n) is 9.73. The smallest absolute Gasteiger partial charge is 0.412 e. The minimum atomic E-state index is -0.955. The molecule has 0 aromatic heterocycles. The van der Waals surface area contributed by atoms with E-state index in [0.717, 1.165) is 0 Å². The summed E-state index contributed by atoms with van der Waals surface area (Å²) in [5, 5.41) is 8.67. The van der Waals surface area contributed by atoms with Crippen molar-refractivity contribution >= 4 is 12.1 Å². The third-order valence-corrected chi connectivity index (χ3v) is 2.02. The molecule has 0 aliphatic carbocycles. The van der Waals surface area contributed by atoms with Crippen LogP contribution >= 0.6 is 0 Å². The van der Waals surface area contributed by atoms with Crippen molar-refractivity contribution in [3.05, 3.63) is 0 Å². The van der Waals surface area contributed by atoms with Crippen LogP contribution in [0.1, 0.15) is 27.2 Å². The molecule has 1 aliphatic rings. The number of aliphatic carboxylic acids is 1. The molecule has 1 N–H and O–H groups in total. The van der Waals surface area contributed by atoms with Crippen molar-refractivity contribution in [2.24, 2.45) is 0 Å². The van der Waals surface area contributed by atoms with Gasteiger partial charge >= 0.3 is 12.1 Å². The number of carbonyl (C=O) groups excluding carboxylic acids is 1. The lowest BCUT2D eigenvalue weighted by atomic mass is 10.2. The molecule has 16 heavy (non-hydrogen) atoms. The van der Waals surface area contributed by atoms with Gasteiger partial charge in [0.1, 0.15) is 12.3 Å². The van der Waals surface area contributed by atoms with Crippen LogP contribution in [0.25, 0.3) is 0 Å². The lowest BCUT2D eigenvalue weighted by Gasteiger charge is -2.26. The molecule has 1 aliphatic heterocycles. The van der Waals surface area contributed by atoms with Gasteiger partial charge in [0, 0.05) is 0 Å². The van der Waals surface area contributed by atoms with E-state index in [2.05, 4.69) is 0 Å². The molecule has 0 aromatic rings. The fourth-order valence-electron chi connectivity index (χ4n) is 1.38. The number of hydrogen-bond donors (Lipinski definition) is 1. The fraction of sp³-hybridized carbons (Fsp3) is 0.800. The van der Waals surface area contributed by atoms with Gasteiger partial charge in [-0.1, -0.05) is 0 Å². The van der Waals surface area contributed by atoms with E-state index in [1.165, 1.54) is 4.90 Å². The fourth-order valence-corrected chi connectivity index (χ4v) is 1.38. The third kappa shape index (κ3) is 3.69. The first-order chi connectivity index (χ1) is 7.29. The van der Waals surface area contributed by atoms with Crippen molar-refractivity contribution in [1.29, 1.82) is 0 Å². The van der Waals surface area contributed by atoms with E-state index in [-0.39, 0.29) is 19.8 Å². The predicted octanol–water partition coefficient (Wildman–Crippen LogP) is 1.05. The van der Waals surface area contributed by atoms with E-state index in [1.807, 2.05) is 0 Å². The van der Waals surface area contributed by atoms with Crippen molar-refractivity contribution in [3.8, 4) is 0 Å². The first-order valence-corrected chi connectivity index (χ1v) is 5.09. The molecule has 1 saturated heterocycles. The highest BCUT2D eigenvalue weighted by atomic mass is 16.6. The SMILES string of the molecule is CC(C)(C)OC(=O)N1COCC1CC(=O)O. The van der Waals surface area contributed by atoms with E-state index in [9.17, 15) is 9.59 Å². The molecule has 0 radical (unpaired) electrons. The molecule has 0 saturated carbocycles. The molecule has 1 atom stereocenters. The molecule has 0 bridgehead atoms. The molecule has 1 unspecified atom stereocenters. The number of nitrogens with zero attached hydrogens (tertiary/aromatic N) is 1. The molecular weight excluding hydrogens is 214 g/mol. The summed E-state index contributed by atoms with van der Waals surface area (Å²) < 4.78 is 10.2. The van der Waals surface area contributed by atoms with Crippen LogP contribution in [0.5, 0.6) is 0 Å². The van der Waals surface area contributed by atoms with Crippen LogP contribution in [0.4, 0.5) is 4.79 Å². The van der Waals surface area contributed by atoms with Gasteiger partial charge in [0.25, 0.3) is 0 Å². The molecule has 0 aromatic carbocycles. The van der Waals surface area contributed by atoms with E-state index < -0.39 is 23.7 Å². The molecule has 92 valence electrons. The van der Waals surface area contributed by atoms with Crippen molar-refractivity contribution in [2.75, 3.05) is 13.3 Å². The number of carbonyl (C=O) groups is 2. The van der Waals surface area contributed by atoms with Crippen LogP contribution in [0.15, 0.2) is 0 Å². The summed E-state index contributed by atoms with van der Waals surface area (Å²) >= 11 is 0. The van der Waals surface area contributed by atoms with Crippen LogP contribution in [-0.4, -0.2) is 47.0 Å². The highest BCUT2D eigenvalue weighted by molar-refractivity contribution is 5.72. The van der Waals surface area contributed by atoms with E-state index in [0.29, 0.717) is 0 Å². The van der Waals surface area contributed by atoms with Crippen molar-refractivity contribution in [2.45, 2.75) is 38.8 Å². The van der Waals surface area contributed by atoms with Gasteiger partial charge in [-0.2, -0.15) is 0 Å². The molecule has 1 rings (SSSR count). The number of carboxylic acids is 1. The summed E-state index contributed by atoms with van der Waals surface area (Å²) in [6.07, 6.45) is -0.657. The summed E-state index contributed by atoms with van der Waals surface area (Å²) in [6.45, 7) is 5.61. The minimum absolute atomic E-state index is 0.0901. The quantitative estimate of drug-likeness (QED) is 0.768. The Balaban J connectivity index is 2.57. The first kappa shape index (κ1) is 12.8. The number of ether oxygens (including phenoxy) is 2. The first-order valence-electron chi connectivity index (χ1n) is 5.09. The number of hydrogen-bond acceptors (Lipinski definition) is 4. The summed E-state index contributed by atoms with van der Waals surface area (Å²) in [5.74, 6) is -0.955. The summed E-state index contributed by atoms with van der Waals surface area (Å²) in [5.41, 5.74) is -0.590. The van der Waals surface area contributed by atoms with E-state index in [1.54, 1.807) is 20.8 Å². The maximum Gasteiger partial charge on any atom is 0.412 e. The van der Waals surface area contributed by atoms with Crippen molar-refractivity contribution < 1.29 is 24.2 Å². The molecule has 6 nitrogen and oxygen atoms in total. The molecule has 6 heteroatoms. The number of rotatable bonds is 2. The second-order valence-corrected chi connectivity index (χ2v) is 4.70. The zero-order valence-corrected chi connectivity index (χ0v) is 9.73. The minimum Gasteiger partial charge on any atom is -0.481 e. The monoisotopic (exact) mass is 231 g/mol. The Morgan fingerprint density at radius 3 is 2.62 bits per heavy atom. The summed E-state index contributed by atoms with van der Waals surface area (Å²) in [7, 11) is 0. The van der Waals surface area contributed by atoms with Gasteiger partial charge in [-0.25, -0.2) is 4.79 Å². The molecule has 1 amide bonds.